The number of rotatable bonds is 3. The Hall–Kier alpha value is -3.28. The largest absolute Gasteiger partial charge is 0.334 e. The lowest BCUT2D eigenvalue weighted by molar-refractivity contribution is 0.898. The van der Waals surface area contributed by atoms with Crippen LogP contribution in [0.25, 0.3) is 29.2 Å². The van der Waals surface area contributed by atoms with Crippen LogP contribution in [0, 0.1) is 13.8 Å². The molecule has 124 valence electrons. The van der Waals surface area contributed by atoms with E-state index >= 15 is 0 Å². The maximum absolute atomic E-state index is 4.67. The Labute approximate surface area is 145 Å². The molecular formula is C19H18N6. The van der Waals surface area contributed by atoms with Gasteiger partial charge in [-0.15, -0.1) is 0 Å². The first-order valence-corrected chi connectivity index (χ1v) is 8.05. The van der Waals surface area contributed by atoms with Crippen LogP contribution < -0.4 is 0 Å². The summed E-state index contributed by atoms with van der Waals surface area (Å²) in [4.78, 5) is 17.8. The van der Waals surface area contributed by atoms with Crippen LogP contribution in [0.2, 0.25) is 0 Å². The van der Waals surface area contributed by atoms with Gasteiger partial charge in [-0.3, -0.25) is 9.38 Å². The smallest absolute Gasteiger partial charge is 0.234 e. The highest BCUT2D eigenvalue weighted by Gasteiger charge is 2.07. The monoisotopic (exact) mass is 330 g/mol. The van der Waals surface area contributed by atoms with Crippen molar-refractivity contribution in [3.8, 4) is 11.3 Å². The van der Waals surface area contributed by atoms with Crippen LogP contribution in [0.15, 0.2) is 43.0 Å². The molecule has 4 aromatic heterocycles. The number of hydrogen-bond donors (Lipinski definition) is 0. The van der Waals surface area contributed by atoms with Gasteiger partial charge in [-0.05, 0) is 44.2 Å². The molecule has 0 aromatic carbocycles. The highest BCUT2D eigenvalue weighted by Crippen LogP contribution is 2.18. The number of imidazole rings is 2. The molecular weight excluding hydrogens is 312 g/mol. The lowest BCUT2D eigenvalue weighted by atomic mass is 10.2. The molecule has 0 aliphatic rings. The van der Waals surface area contributed by atoms with E-state index in [1.807, 2.05) is 71.9 Å². The second-order valence-electron chi connectivity index (χ2n) is 6.04. The van der Waals surface area contributed by atoms with Gasteiger partial charge in [0.25, 0.3) is 0 Å². The maximum atomic E-state index is 4.67. The fraction of sp³-hybridized carbons (Fsp3) is 0.158. The van der Waals surface area contributed by atoms with Crippen molar-refractivity contribution >= 4 is 17.9 Å². The first-order chi connectivity index (χ1) is 12.1. The highest BCUT2D eigenvalue weighted by molar-refractivity contribution is 5.68. The predicted octanol–water partition coefficient (Wildman–Crippen LogP) is 3.31. The summed E-state index contributed by atoms with van der Waals surface area (Å²) in [6, 6.07) is 5.95. The number of aryl methyl sites for hydroxylation is 3. The molecule has 0 saturated carbocycles. The second kappa shape index (κ2) is 5.98. The van der Waals surface area contributed by atoms with Crippen molar-refractivity contribution in [3.63, 3.8) is 0 Å². The molecule has 0 unspecified atom stereocenters. The lowest BCUT2D eigenvalue weighted by Gasteiger charge is -1.98. The van der Waals surface area contributed by atoms with Crippen molar-refractivity contribution in [2.75, 3.05) is 0 Å². The molecule has 0 spiro atoms. The summed E-state index contributed by atoms with van der Waals surface area (Å²) in [6.07, 6.45) is 11.5. The molecule has 0 fully saturated rings. The number of fused-ring (bicyclic) bond motifs is 1. The molecule has 0 amide bonds. The Morgan fingerprint density at radius 3 is 2.72 bits per heavy atom. The molecule has 0 radical (unpaired) electrons. The van der Waals surface area contributed by atoms with Gasteiger partial charge in [0, 0.05) is 48.8 Å². The van der Waals surface area contributed by atoms with Crippen LogP contribution in [0.3, 0.4) is 0 Å². The number of hydrogen-bond acceptors (Lipinski definition) is 4. The van der Waals surface area contributed by atoms with Crippen LogP contribution in [-0.2, 0) is 7.05 Å². The van der Waals surface area contributed by atoms with Gasteiger partial charge in [-0.1, -0.05) is 0 Å². The first-order valence-electron chi connectivity index (χ1n) is 8.05. The van der Waals surface area contributed by atoms with Gasteiger partial charge in [0.15, 0.2) is 0 Å². The number of nitrogens with zero attached hydrogens (tertiary/aromatic N) is 6. The van der Waals surface area contributed by atoms with E-state index in [2.05, 4.69) is 26.9 Å². The fourth-order valence-corrected chi connectivity index (χ4v) is 2.82. The topological polar surface area (TPSA) is 60.9 Å². The SMILES string of the molecule is Cc1cc(C)n2cc(/C=C/c3nc(-c4cccnc4)cn3C)nc2n1. The van der Waals surface area contributed by atoms with E-state index in [1.54, 1.807) is 6.20 Å². The molecule has 25 heavy (non-hydrogen) atoms. The zero-order valence-electron chi connectivity index (χ0n) is 14.4. The highest BCUT2D eigenvalue weighted by atomic mass is 15.1. The van der Waals surface area contributed by atoms with Gasteiger partial charge in [-0.25, -0.2) is 15.0 Å². The van der Waals surface area contributed by atoms with Gasteiger partial charge >= 0.3 is 0 Å². The van der Waals surface area contributed by atoms with Gasteiger partial charge in [0.1, 0.15) is 5.82 Å². The number of aromatic nitrogens is 6. The van der Waals surface area contributed by atoms with Crippen molar-refractivity contribution in [2.24, 2.45) is 7.05 Å². The lowest BCUT2D eigenvalue weighted by Crippen LogP contribution is -1.94. The molecule has 4 aromatic rings. The minimum Gasteiger partial charge on any atom is -0.334 e. The molecule has 0 N–H and O–H groups in total. The third-order valence-corrected chi connectivity index (χ3v) is 4.05. The second-order valence-corrected chi connectivity index (χ2v) is 6.04. The van der Waals surface area contributed by atoms with E-state index in [1.165, 1.54) is 0 Å². The molecule has 6 nitrogen and oxygen atoms in total. The molecule has 6 heteroatoms. The fourth-order valence-electron chi connectivity index (χ4n) is 2.82. The molecule has 4 rings (SSSR count). The Bertz CT molecular complexity index is 1070. The average Bonchev–Trinajstić information content (AvgIpc) is 3.17. The van der Waals surface area contributed by atoms with E-state index in [-0.39, 0.29) is 0 Å². The van der Waals surface area contributed by atoms with Gasteiger partial charge in [0.2, 0.25) is 5.78 Å². The summed E-state index contributed by atoms with van der Waals surface area (Å²) in [5.74, 6) is 1.57. The van der Waals surface area contributed by atoms with Gasteiger partial charge < -0.3 is 4.57 Å². The van der Waals surface area contributed by atoms with Crippen LogP contribution in [0.5, 0.6) is 0 Å². The van der Waals surface area contributed by atoms with Crippen molar-refractivity contribution in [2.45, 2.75) is 13.8 Å². The first kappa shape index (κ1) is 15.3. The maximum Gasteiger partial charge on any atom is 0.234 e. The van der Waals surface area contributed by atoms with Crippen molar-refractivity contribution in [1.29, 1.82) is 0 Å². The van der Waals surface area contributed by atoms with E-state index in [0.717, 1.165) is 34.2 Å². The minimum absolute atomic E-state index is 0.716. The summed E-state index contributed by atoms with van der Waals surface area (Å²) in [5, 5.41) is 0. The van der Waals surface area contributed by atoms with E-state index in [0.29, 0.717) is 5.78 Å². The summed E-state index contributed by atoms with van der Waals surface area (Å²) in [6.45, 7) is 4.03. The molecule has 0 aliphatic carbocycles. The van der Waals surface area contributed by atoms with Crippen LogP contribution in [0.4, 0.5) is 0 Å². The van der Waals surface area contributed by atoms with Crippen LogP contribution in [0.1, 0.15) is 22.9 Å². The molecule has 0 aliphatic heterocycles. The van der Waals surface area contributed by atoms with E-state index < -0.39 is 0 Å². The zero-order valence-corrected chi connectivity index (χ0v) is 14.4. The molecule has 0 saturated heterocycles. The Morgan fingerprint density at radius 1 is 1.04 bits per heavy atom. The summed E-state index contributed by atoms with van der Waals surface area (Å²) >= 11 is 0. The molecule has 4 heterocycles. The summed E-state index contributed by atoms with van der Waals surface area (Å²) in [5.41, 5.74) is 4.84. The number of pyridine rings is 1. The molecule has 0 atom stereocenters. The summed E-state index contributed by atoms with van der Waals surface area (Å²) < 4.78 is 3.98. The third-order valence-electron chi connectivity index (χ3n) is 4.05. The van der Waals surface area contributed by atoms with Crippen molar-refractivity contribution in [1.82, 2.24) is 28.9 Å². The Kier molecular flexibility index (Phi) is 3.65. The van der Waals surface area contributed by atoms with Crippen molar-refractivity contribution in [3.05, 3.63) is 65.9 Å². The quantitative estimate of drug-likeness (QED) is 0.578. The standard InChI is InChI=1S/C19H18N6/c1-13-9-14(2)25-11-16(22-19(25)21-13)6-7-18-23-17(12-24(18)3)15-5-4-8-20-10-15/h4-12H,1-3H3/b7-6+. The van der Waals surface area contributed by atoms with Gasteiger partial charge in [-0.2, -0.15) is 0 Å². The Morgan fingerprint density at radius 2 is 1.92 bits per heavy atom. The van der Waals surface area contributed by atoms with Crippen LogP contribution in [-0.4, -0.2) is 28.9 Å². The van der Waals surface area contributed by atoms with Crippen molar-refractivity contribution < 1.29 is 0 Å². The summed E-state index contributed by atoms with van der Waals surface area (Å²) in [7, 11) is 1.98. The minimum atomic E-state index is 0.716. The average molecular weight is 330 g/mol. The van der Waals surface area contributed by atoms with E-state index in [4.69, 9.17) is 0 Å². The Balaban J connectivity index is 1.66. The zero-order chi connectivity index (χ0) is 17.4. The van der Waals surface area contributed by atoms with Crippen LogP contribution >= 0.6 is 0 Å². The normalized spacial score (nSPS) is 11.6. The third kappa shape index (κ3) is 2.94. The molecule has 0 bridgehead atoms. The van der Waals surface area contributed by atoms with Gasteiger partial charge in [0.05, 0.1) is 11.4 Å². The van der Waals surface area contributed by atoms with E-state index in [9.17, 15) is 0 Å². The predicted molar refractivity (Wildman–Crippen MR) is 97.8 cm³/mol.